The highest BCUT2D eigenvalue weighted by Crippen LogP contribution is 2.24. The van der Waals surface area contributed by atoms with E-state index < -0.39 is 5.97 Å². The fraction of sp³-hybridized carbons (Fsp3) is 0.500. The van der Waals surface area contributed by atoms with Gasteiger partial charge in [0, 0.05) is 13.1 Å². The summed E-state index contributed by atoms with van der Waals surface area (Å²) >= 11 is 7.35. The van der Waals surface area contributed by atoms with Gasteiger partial charge in [-0.1, -0.05) is 11.6 Å². The van der Waals surface area contributed by atoms with Gasteiger partial charge in [-0.3, -0.25) is 9.69 Å². The van der Waals surface area contributed by atoms with Gasteiger partial charge in [-0.2, -0.15) is 0 Å². The van der Waals surface area contributed by atoms with Crippen LogP contribution in [0.25, 0.3) is 0 Å². The van der Waals surface area contributed by atoms with Crippen molar-refractivity contribution in [1.29, 1.82) is 0 Å². The predicted molar refractivity (Wildman–Crippen MR) is 60.3 cm³/mol. The van der Waals surface area contributed by atoms with Gasteiger partial charge in [0.05, 0.1) is 10.3 Å². The lowest BCUT2D eigenvalue weighted by Gasteiger charge is -2.13. The number of hydrogen-bond acceptors (Lipinski definition) is 3. The Balaban J connectivity index is 1.90. The van der Waals surface area contributed by atoms with Crippen LogP contribution < -0.4 is 0 Å². The molecule has 1 saturated heterocycles. The van der Waals surface area contributed by atoms with Gasteiger partial charge < -0.3 is 5.11 Å². The van der Waals surface area contributed by atoms with Gasteiger partial charge in [-0.15, -0.1) is 11.3 Å². The summed E-state index contributed by atoms with van der Waals surface area (Å²) in [6.45, 7) is 2.33. The number of nitrogens with zero attached hydrogens (tertiary/aromatic N) is 1. The van der Waals surface area contributed by atoms with E-state index in [2.05, 4.69) is 4.90 Å². The minimum Gasteiger partial charge on any atom is -0.481 e. The first kappa shape index (κ1) is 10.9. The molecule has 1 aliphatic heterocycles. The summed E-state index contributed by atoms with van der Waals surface area (Å²) in [6, 6.07) is 1.94. The third-order valence-electron chi connectivity index (χ3n) is 2.65. The molecule has 5 heteroatoms. The molecular formula is C10H12ClNO2S. The topological polar surface area (TPSA) is 40.5 Å². The zero-order valence-corrected chi connectivity index (χ0v) is 9.72. The maximum Gasteiger partial charge on any atom is 0.307 e. The second-order valence-electron chi connectivity index (χ2n) is 3.82. The predicted octanol–water partition coefficient (Wildman–Crippen LogP) is 2.31. The van der Waals surface area contributed by atoms with Crippen LogP contribution in [-0.2, 0) is 11.3 Å². The third-order valence-corrected chi connectivity index (χ3v) is 3.79. The summed E-state index contributed by atoms with van der Waals surface area (Å²) in [5.74, 6) is -0.875. The molecule has 15 heavy (non-hydrogen) atoms. The van der Waals surface area contributed by atoms with E-state index in [0.717, 1.165) is 23.8 Å². The van der Waals surface area contributed by atoms with Crippen molar-refractivity contribution < 1.29 is 9.90 Å². The van der Waals surface area contributed by atoms with Gasteiger partial charge in [-0.25, -0.2) is 0 Å². The zero-order chi connectivity index (χ0) is 10.8. The van der Waals surface area contributed by atoms with Crippen LogP contribution in [0.5, 0.6) is 0 Å². The fourth-order valence-corrected chi connectivity index (χ4v) is 2.76. The smallest absolute Gasteiger partial charge is 0.307 e. The monoisotopic (exact) mass is 245 g/mol. The molecule has 2 heterocycles. The van der Waals surface area contributed by atoms with Crippen LogP contribution in [0, 0.1) is 5.92 Å². The van der Waals surface area contributed by atoms with Crippen molar-refractivity contribution in [3.8, 4) is 0 Å². The standard InChI is InChI=1S/C10H12ClNO2S/c11-9-3-7(6-15-9)4-12-2-1-8(5-12)10(13)14/h3,6,8H,1-2,4-5H2,(H,13,14). The first-order valence-electron chi connectivity index (χ1n) is 4.83. The van der Waals surface area contributed by atoms with Crippen LogP contribution in [-0.4, -0.2) is 29.1 Å². The van der Waals surface area contributed by atoms with Crippen LogP contribution in [0.1, 0.15) is 12.0 Å². The molecule has 0 saturated carbocycles. The number of rotatable bonds is 3. The molecule has 3 nitrogen and oxygen atoms in total. The molecule has 1 N–H and O–H groups in total. The number of thiophene rings is 1. The van der Waals surface area contributed by atoms with Gasteiger partial charge in [0.15, 0.2) is 0 Å². The molecule has 0 spiro atoms. The number of carboxylic acid groups (broad SMARTS) is 1. The average Bonchev–Trinajstić information content (AvgIpc) is 2.76. The molecule has 0 aliphatic carbocycles. The molecule has 2 rings (SSSR count). The Morgan fingerprint density at radius 2 is 2.53 bits per heavy atom. The van der Waals surface area contributed by atoms with Gasteiger partial charge in [0.1, 0.15) is 0 Å². The Hall–Kier alpha value is -0.580. The highest BCUT2D eigenvalue weighted by molar-refractivity contribution is 7.14. The molecule has 82 valence electrons. The number of hydrogen-bond donors (Lipinski definition) is 1. The first-order valence-corrected chi connectivity index (χ1v) is 6.09. The van der Waals surface area contributed by atoms with E-state index in [1.165, 1.54) is 16.9 Å². The fourth-order valence-electron chi connectivity index (χ4n) is 1.86. The average molecular weight is 246 g/mol. The minimum absolute atomic E-state index is 0.195. The molecule has 1 atom stereocenters. The van der Waals surface area contributed by atoms with Crippen LogP contribution in [0.2, 0.25) is 4.34 Å². The Labute approximate surface area is 97.3 Å². The number of likely N-dealkylation sites (tertiary alicyclic amines) is 1. The Morgan fingerprint density at radius 1 is 1.73 bits per heavy atom. The number of carbonyl (C=O) groups is 1. The van der Waals surface area contributed by atoms with Crippen LogP contribution >= 0.6 is 22.9 Å². The van der Waals surface area contributed by atoms with Crippen molar-refractivity contribution in [2.45, 2.75) is 13.0 Å². The lowest BCUT2D eigenvalue weighted by Crippen LogP contribution is -2.22. The number of aliphatic carboxylic acids is 1. The normalized spacial score (nSPS) is 22.1. The molecule has 0 radical (unpaired) electrons. The maximum absolute atomic E-state index is 10.8. The first-order chi connectivity index (χ1) is 7.15. The number of carboxylic acids is 1. The molecule has 0 amide bonds. The quantitative estimate of drug-likeness (QED) is 0.889. The molecule has 1 fully saturated rings. The second-order valence-corrected chi connectivity index (χ2v) is 5.36. The molecule has 1 aromatic rings. The van der Waals surface area contributed by atoms with Crippen LogP contribution in [0.15, 0.2) is 11.4 Å². The summed E-state index contributed by atoms with van der Waals surface area (Å²) in [4.78, 5) is 12.9. The van der Waals surface area contributed by atoms with E-state index in [4.69, 9.17) is 16.7 Å². The molecule has 1 unspecified atom stereocenters. The van der Waals surface area contributed by atoms with Crippen LogP contribution in [0.4, 0.5) is 0 Å². The Kier molecular flexibility index (Phi) is 3.29. The van der Waals surface area contributed by atoms with Crippen LogP contribution in [0.3, 0.4) is 0 Å². The van der Waals surface area contributed by atoms with E-state index in [0.29, 0.717) is 6.54 Å². The van der Waals surface area contributed by atoms with Gasteiger partial charge in [0.25, 0.3) is 0 Å². The van der Waals surface area contributed by atoms with E-state index in [1.807, 2.05) is 11.4 Å². The van der Waals surface area contributed by atoms with E-state index >= 15 is 0 Å². The lowest BCUT2D eigenvalue weighted by atomic mass is 10.1. The van der Waals surface area contributed by atoms with Gasteiger partial charge >= 0.3 is 5.97 Å². The van der Waals surface area contributed by atoms with Crippen molar-refractivity contribution in [2.75, 3.05) is 13.1 Å². The molecule has 1 aliphatic rings. The van der Waals surface area contributed by atoms with Crippen molar-refractivity contribution >= 4 is 28.9 Å². The maximum atomic E-state index is 10.8. The largest absolute Gasteiger partial charge is 0.481 e. The Bertz CT molecular complexity index is 366. The summed E-state index contributed by atoms with van der Waals surface area (Å²) in [6.07, 6.45) is 0.757. The third kappa shape index (κ3) is 2.71. The zero-order valence-electron chi connectivity index (χ0n) is 8.15. The van der Waals surface area contributed by atoms with E-state index in [9.17, 15) is 4.79 Å². The highest BCUT2D eigenvalue weighted by Gasteiger charge is 2.27. The van der Waals surface area contributed by atoms with Crippen molar-refractivity contribution in [1.82, 2.24) is 4.90 Å². The molecule has 1 aromatic heterocycles. The van der Waals surface area contributed by atoms with Gasteiger partial charge in [0.2, 0.25) is 0 Å². The number of halogens is 1. The van der Waals surface area contributed by atoms with Crippen molar-refractivity contribution in [3.05, 3.63) is 21.3 Å². The van der Waals surface area contributed by atoms with E-state index in [-0.39, 0.29) is 5.92 Å². The molecule has 0 bridgehead atoms. The van der Waals surface area contributed by atoms with Gasteiger partial charge in [-0.05, 0) is 30.0 Å². The van der Waals surface area contributed by atoms with Crippen molar-refractivity contribution in [3.63, 3.8) is 0 Å². The molecule has 0 aromatic carbocycles. The minimum atomic E-state index is -0.680. The summed E-state index contributed by atoms with van der Waals surface area (Å²) in [7, 11) is 0. The second kappa shape index (κ2) is 4.51. The Morgan fingerprint density at radius 3 is 3.07 bits per heavy atom. The summed E-state index contributed by atoms with van der Waals surface area (Å²) in [5, 5.41) is 10.9. The molecular weight excluding hydrogens is 234 g/mol. The van der Waals surface area contributed by atoms with E-state index in [1.54, 1.807) is 0 Å². The summed E-state index contributed by atoms with van der Waals surface area (Å²) in [5.41, 5.74) is 1.18. The SMILES string of the molecule is O=C(O)C1CCN(Cc2csc(Cl)c2)C1. The lowest BCUT2D eigenvalue weighted by molar-refractivity contribution is -0.141. The summed E-state index contributed by atoms with van der Waals surface area (Å²) < 4.78 is 0.791. The highest BCUT2D eigenvalue weighted by atomic mass is 35.5. The van der Waals surface area contributed by atoms with Crippen molar-refractivity contribution in [2.24, 2.45) is 5.92 Å².